The maximum absolute atomic E-state index is 2.48. The number of hydrogen-bond acceptors (Lipinski definition) is 0. The van der Waals surface area contributed by atoms with Gasteiger partial charge in [0.2, 0.25) is 0 Å². The average molecular weight is 281 g/mol. The molecular weight excluding hydrogens is 240 g/mol. The Kier molecular flexibility index (Phi) is 9.51. The van der Waals surface area contributed by atoms with E-state index in [1.54, 1.807) is 11.1 Å². The first kappa shape index (κ1) is 19.7. The molecule has 0 aliphatic rings. The quantitative estimate of drug-likeness (QED) is 0.366. The van der Waals surface area contributed by atoms with E-state index in [9.17, 15) is 0 Å². The molecule has 0 fully saturated rings. The molecule has 0 aliphatic carbocycles. The van der Waals surface area contributed by atoms with Crippen LogP contribution < -0.4 is 0 Å². The second kappa shape index (κ2) is 9.64. The Bertz CT molecular complexity index is 282. The van der Waals surface area contributed by atoms with Gasteiger partial charge in [0.25, 0.3) is 0 Å². The molecule has 0 heterocycles. The van der Waals surface area contributed by atoms with E-state index in [0.717, 1.165) is 11.8 Å². The Morgan fingerprint density at radius 2 is 1.40 bits per heavy atom. The normalized spacial score (nSPS) is 16.5. The zero-order chi connectivity index (χ0) is 15.8. The molecule has 20 heavy (non-hydrogen) atoms. The van der Waals surface area contributed by atoms with Crippen molar-refractivity contribution in [3.63, 3.8) is 0 Å². The molecule has 0 amide bonds. The van der Waals surface area contributed by atoms with Crippen LogP contribution in [0.1, 0.15) is 100 Å². The molecule has 0 aromatic rings. The van der Waals surface area contributed by atoms with Gasteiger partial charge in [0.15, 0.2) is 0 Å². The SMILES string of the molecule is CCC(C)(CCCC(C)C)C(C)=C(C)CCCC(C)C. The maximum Gasteiger partial charge on any atom is -0.0119 e. The van der Waals surface area contributed by atoms with E-state index in [0.29, 0.717) is 5.41 Å². The van der Waals surface area contributed by atoms with E-state index in [4.69, 9.17) is 0 Å². The Balaban J connectivity index is 4.57. The number of hydrogen-bond donors (Lipinski definition) is 0. The predicted molar refractivity (Wildman–Crippen MR) is 94.2 cm³/mol. The lowest BCUT2D eigenvalue weighted by Gasteiger charge is -2.32. The molecule has 0 saturated heterocycles. The first-order valence-corrected chi connectivity index (χ1v) is 8.89. The summed E-state index contributed by atoms with van der Waals surface area (Å²) in [5.74, 6) is 1.68. The molecule has 0 saturated carbocycles. The van der Waals surface area contributed by atoms with E-state index in [2.05, 4.69) is 55.4 Å². The standard InChI is InChI=1S/C20H40/c1-9-20(8,15-11-13-17(4)5)19(7)18(6)14-10-12-16(2)3/h16-17H,9-15H2,1-8H3. The van der Waals surface area contributed by atoms with Crippen LogP contribution in [0.4, 0.5) is 0 Å². The van der Waals surface area contributed by atoms with Crippen LogP contribution in [0.25, 0.3) is 0 Å². The third kappa shape index (κ3) is 7.50. The molecule has 0 aromatic heterocycles. The lowest BCUT2D eigenvalue weighted by molar-refractivity contribution is 0.322. The van der Waals surface area contributed by atoms with Gasteiger partial charge in [0.05, 0.1) is 0 Å². The summed E-state index contributed by atoms with van der Waals surface area (Å²) in [7, 11) is 0. The Hall–Kier alpha value is -0.260. The highest BCUT2D eigenvalue weighted by molar-refractivity contribution is 5.18. The first-order valence-electron chi connectivity index (χ1n) is 8.89. The molecule has 0 bridgehead atoms. The minimum atomic E-state index is 0.427. The topological polar surface area (TPSA) is 0 Å². The largest absolute Gasteiger partial charge is 0.0738 e. The molecule has 0 spiro atoms. The fourth-order valence-electron chi connectivity index (χ4n) is 3.01. The molecule has 120 valence electrons. The van der Waals surface area contributed by atoms with E-state index in [1.165, 1.54) is 44.9 Å². The van der Waals surface area contributed by atoms with Gasteiger partial charge in [-0.05, 0) is 56.8 Å². The van der Waals surface area contributed by atoms with Gasteiger partial charge in [-0.15, -0.1) is 0 Å². The van der Waals surface area contributed by atoms with E-state index >= 15 is 0 Å². The molecule has 0 aromatic carbocycles. The summed E-state index contributed by atoms with van der Waals surface area (Å²) in [4.78, 5) is 0. The number of allylic oxidation sites excluding steroid dienone is 2. The van der Waals surface area contributed by atoms with Crippen LogP contribution in [0, 0.1) is 17.3 Å². The minimum absolute atomic E-state index is 0.427. The lowest BCUT2D eigenvalue weighted by Crippen LogP contribution is -2.18. The molecule has 0 aliphatic heterocycles. The van der Waals surface area contributed by atoms with Gasteiger partial charge in [-0.2, -0.15) is 0 Å². The van der Waals surface area contributed by atoms with Crippen molar-refractivity contribution in [3.8, 4) is 0 Å². The van der Waals surface area contributed by atoms with E-state index < -0.39 is 0 Å². The van der Waals surface area contributed by atoms with Crippen molar-refractivity contribution in [2.75, 3.05) is 0 Å². The van der Waals surface area contributed by atoms with Gasteiger partial charge in [-0.25, -0.2) is 0 Å². The Labute approximate surface area is 129 Å². The minimum Gasteiger partial charge on any atom is -0.0738 e. The van der Waals surface area contributed by atoms with Crippen LogP contribution in [0.15, 0.2) is 11.1 Å². The zero-order valence-electron chi connectivity index (χ0n) is 15.6. The molecule has 0 heteroatoms. The van der Waals surface area contributed by atoms with Crippen LogP contribution in [0.5, 0.6) is 0 Å². The Morgan fingerprint density at radius 1 is 0.900 bits per heavy atom. The smallest absolute Gasteiger partial charge is 0.0119 e. The van der Waals surface area contributed by atoms with Crippen LogP contribution in [-0.2, 0) is 0 Å². The van der Waals surface area contributed by atoms with Crippen molar-refractivity contribution in [3.05, 3.63) is 11.1 Å². The number of rotatable bonds is 10. The van der Waals surface area contributed by atoms with Crippen molar-refractivity contribution in [1.82, 2.24) is 0 Å². The van der Waals surface area contributed by atoms with Crippen LogP contribution in [-0.4, -0.2) is 0 Å². The summed E-state index contributed by atoms with van der Waals surface area (Å²) in [6.07, 6.45) is 9.39. The average Bonchev–Trinajstić information content (AvgIpc) is 2.36. The van der Waals surface area contributed by atoms with Crippen LogP contribution in [0.2, 0.25) is 0 Å². The van der Waals surface area contributed by atoms with E-state index in [-0.39, 0.29) is 0 Å². The summed E-state index contributed by atoms with van der Waals surface area (Å²) in [6, 6.07) is 0. The highest BCUT2D eigenvalue weighted by Crippen LogP contribution is 2.39. The molecular formula is C20H40. The molecule has 0 rings (SSSR count). The molecule has 1 atom stereocenters. The lowest BCUT2D eigenvalue weighted by atomic mass is 9.73. The van der Waals surface area contributed by atoms with E-state index in [1.807, 2.05) is 0 Å². The summed E-state index contributed by atoms with van der Waals surface area (Å²) in [6.45, 7) is 18.9. The summed E-state index contributed by atoms with van der Waals surface area (Å²) in [5, 5.41) is 0. The fourth-order valence-corrected chi connectivity index (χ4v) is 3.01. The summed E-state index contributed by atoms with van der Waals surface area (Å²) in [5.41, 5.74) is 3.75. The third-order valence-electron chi connectivity index (χ3n) is 5.17. The highest BCUT2D eigenvalue weighted by Gasteiger charge is 2.25. The summed E-state index contributed by atoms with van der Waals surface area (Å²) >= 11 is 0. The van der Waals surface area contributed by atoms with Crippen molar-refractivity contribution < 1.29 is 0 Å². The van der Waals surface area contributed by atoms with Crippen molar-refractivity contribution in [2.45, 2.75) is 100 Å². The van der Waals surface area contributed by atoms with Crippen molar-refractivity contribution in [2.24, 2.45) is 17.3 Å². The molecule has 0 N–H and O–H groups in total. The predicted octanol–water partition coefficient (Wildman–Crippen LogP) is 7.39. The highest BCUT2D eigenvalue weighted by atomic mass is 14.3. The van der Waals surface area contributed by atoms with Crippen molar-refractivity contribution in [1.29, 1.82) is 0 Å². The molecule has 1 unspecified atom stereocenters. The van der Waals surface area contributed by atoms with Gasteiger partial charge in [0, 0.05) is 0 Å². The van der Waals surface area contributed by atoms with Crippen LogP contribution >= 0.6 is 0 Å². The molecule has 0 radical (unpaired) electrons. The van der Waals surface area contributed by atoms with Gasteiger partial charge >= 0.3 is 0 Å². The van der Waals surface area contributed by atoms with Gasteiger partial charge in [-0.3, -0.25) is 0 Å². The first-order chi connectivity index (χ1) is 9.23. The van der Waals surface area contributed by atoms with Gasteiger partial charge in [-0.1, -0.05) is 72.0 Å². The second-order valence-corrected chi connectivity index (χ2v) is 7.89. The van der Waals surface area contributed by atoms with Crippen molar-refractivity contribution >= 4 is 0 Å². The maximum atomic E-state index is 2.48. The Morgan fingerprint density at radius 3 is 1.85 bits per heavy atom. The second-order valence-electron chi connectivity index (χ2n) is 7.89. The summed E-state index contributed by atoms with van der Waals surface area (Å²) < 4.78 is 0. The molecule has 0 nitrogen and oxygen atoms in total. The zero-order valence-corrected chi connectivity index (χ0v) is 15.6. The fraction of sp³-hybridized carbons (Fsp3) is 0.900. The van der Waals surface area contributed by atoms with Gasteiger partial charge in [0.1, 0.15) is 0 Å². The third-order valence-corrected chi connectivity index (χ3v) is 5.17. The monoisotopic (exact) mass is 280 g/mol. The van der Waals surface area contributed by atoms with Crippen LogP contribution in [0.3, 0.4) is 0 Å². The van der Waals surface area contributed by atoms with Gasteiger partial charge < -0.3 is 0 Å².